The highest BCUT2D eigenvalue weighted by Gasteiger charge is 2.34. The zero-order chi connectivity index (χ0) is 20.1. The lowest BCUT2D eigenvalue weighted by Crippen LogP contribution is -2.51. The van der Waals surface area contributed by atoms with Crippen LogP contribution in [0, 0.1) is 5.92 Å². The van der Waals surface area contributed by atoms with Crippen LogP contribution >= 0.6 is 11.6 Å². The molecular formula is C18H19ClN2O6S. The molecule has 8 nitrogen and oxygen atoms in total. The van der Waals surface area contributed by atoms with Crippen LogP contribution < -0.4 is 14.9 Å². The predicted molar refractivity (Wildman–Crippen MR) is 101 cm³/mol. The van der Waals surface area contributed by atoms with Gasteiger partial charge in [0.25, 0.3) is 0 Å². The molecule has 3 N–H and O–H groups in total. The minimum absolute atomic E-state index is 0.0182. The minimum atomic E-state index is -3.89. The second kappa shape index (κ2) is 8.89. The molecule has 1 amide bonds. The number of hydrogen-bond donors (Lipinski definition) is 3. The van der Waals surface area contributed by atoms with Crippen molar-refractivity contribution < 1.29 is 27.9 Å². The first-order valence-corrected chi connectivity index (χ1v) is 10.3. The molecular weight excluding hydrogens is 408 g/mol. The number of hydroxylamine groups is 1. The van der Waals surface area contributed by atoms with Crippen molar-refractivity contribution in [3.63, 3.8) is 0 Å². The van der Waals surface area contributed by atoms with E-state index in [0.29, 0.717) is 29.5 Å². The van der Waals surface area contributed by atoms with Crippen molar-refractivity contribution >= 4 is 27.5 Å². The van der Waals surface area contributed by atoms with Crippen LogP contribution in [0.2, 0.25) is 5.02 Å². The molecule has 0 aromatic heterocycles. The maximum atomic E-state index is 12.6. The van der Waals surface area contributed by atoms with Gasteiger partial charge < -0.3 is 9.47 Å². The lowest BCUT2D eigenvalue weighted by atomic mass is 9.95. The maximum absolute atomic E-state index is 12.6. The number of carbonyl (C=O) groups is 1. The minimum Gasteiger partial charge on any atom is -0.457 e. The molecule has 0 saturated carbocycles. The summed E-state index contributed by atoms with van der Waals surface area (Å²) in [6.45, 7) is 0.349. The fraction of sp³-hybridized carbons (Fsp3) is 0.278. The average Bonchev–Trinajstić information content (AvgIpc) is 2.70. The van der Waals surface area contributed by atoms with E-state index in [1.54, 1.807) is 29.7 Å². The fourth-order valence-corrected chi connectivity index (χ4v) is 4.23. The van der Waals surface area contributed by atoms with Gasteiger partial charge in [0.2, 0.25) is 15.9 Å². The van der Waals surface area contributed by atoms with E-state index >= 15 is 0 Å². The Labute approximate surface area is 167 Å². The van der Waals surface area contributed by atoms with Gasteiger partial charge in [0, 0.05) is 11.6 Å². The Kier molecular flexibility index (Phi) is 6.53. The van der Waals surface area contributed by atoms with Gasteiger partial charge in [0.1, 0.15) is 11.5 Å². The molecule has 28 heavy (non-hydrogen) atoms. The monoisotopic (exact) mass is 426 g/mol. The molecule has 2 atom stereocenters. The van der Waals surface area contributed by atoms with Gasteiger partial charge in [-0.05, 0) is 55.0 Å². The number of nitrogens with one attached hydrogen (secondary N) is 2. The number of halogens is 1. The standard InChI is InChI=1S/C18H19ClN2O6S/c19-12-1-3-13(4-2-12)27-14-5-7-15(8-6-14)28(24,25)21-17-11-26-10-9-16(17)18(22)20-23/h1-8,16-17,21,23H,9-11H2,(H,20,22). The van der Waals surface area contributed by atoms with E-state index in [1.807, 2.05) is 0 Å². The van der Waals surface area contributed by atoms with Crippen molar-refractivity contribution in [2.45, 2.75) is 17.4 Å². The van der Waals surface area contributed by atoms with Gasteiger partial charge >= 0.3 is 0 Å². The Morgan fingerprint density at radius 1 is 1.11 bits per heavy atom. The van der Waals surface area contributed by atoms with E-state index in [-0.39, 0.29) is 11.5 Å². The summed E-state index contributed by atoms with van der Waals surface area (Å²) in [5, 5.41) is 9.43. The molecule has 1 aliphatic heterocycles. The number of hydrogen-bond acceptors (Lipinski definition) is 6. The Hall–Kier alpha value is -2.17. The van der Waals surface area contributed by atoms with Gasteiger partial charge in [-0.3, -0.25) is 10.0 Å². The second-order valence-corrected chi connectivity index (χ2v) is 8.35. The van der Waals surface area contributed by atoms with Crippen LogP contribution in [-0.4, -0.2) is 38.8 Å². The van der Waals surface area contributed by atoms with Gasteiger partial charge in [-0.2, -0.15) is 0 Å². The van der Waals surface area contributed by atoms with Crippen molar-refractivity contribution in [3.05, 3.63) is 53.6 Å². The molecule has 0 bridgehead atoms. The Morgan fingerprint density at radius 3 is 2.32 bits per heavy atom. The molecule has 0 radical (unpaired) electrons. The zero-order valence-electron chi connectivity index (χ0n) is 14.7. The maximum Gasteiger partial charge on any atom is 0.248 e. The number of ether oxygens (including phenoxy) is 2. The van der Waals surface area contributed by atoms with Gasteiger partial charge in [-0.25, -0.2) is 18.6 Å². The summed E-state index contributed by atoms with van der Waals surface area (Å²) in [5.74, 6) is -0.348. The summed E-state index contributed by atoms with van der Waals surface area (Å²) < 4.78 is 38.7. The van der Waals surface area contributed by atoms with Gasteiger partial charge in [0.05, 0.1) is 23.5 Å². The van der Waals surface area contributed by atoms with Crippen LogP contribution in [0.4, 0.5) is 0 Å². The Balaban J connectivity index is 1.71. The van der Waals surface area contributed by atoms with Crippen molar-refractivity contribution in [1.82, 2.24) is 10.2 Å². The lowest BCUT2D eigenvalue weighted by molar-refractivity contribution is -0.137. The summed E-state index contributed by atoms with van der Waals surface area (Å²) in [7, 11) is -3.89. The summed E-state index contributed by atoms with van der Waals surface area (Å²) in [6.07, 6.45) is 0.299. The summed E-state index contributed by atoms with van der Waals surface area (Å²) in [6, 6.07) is 11.8. The highest BCUT2D eigenvalue weighted by atomic mass is 35.5. The van der Waals surface area contributed by atoms with Crippen molar-refractivity contribution in [3.8, 4) is 11.5 Å². The SMILES string of the molecule is O=C(NO)C1CCOCC1NS(=O)(=O)c1ccc(Oc2ccc(Cl)cc2)cc1. The molecule has 150 valence electrons. The van der Waals surface area contributed by atoms with Crippen LogP contribution in [-0.2, 0) is 19.6 Å². The van der Waals surface area contributed by atoms with E-state index in [1.165, 1.54) is 24.3 Å². The molecule has 0 aliphatic carbocycles. The summed E-state index contributed by atoms with van der Waals surface area (Å²) >= 11 is 5.83. The largest absolute Gasteiger partial charge is 0.457 e. The third kappa shape index (κ3) is 5.00. The normalized spacial score (nSPS) is 19.8. The van der Waals surface area contributed by atoms with Crippen LogP contribution in [0.25, 0.3) is 0 Å². The first kappa shape index (κ1) is 20.6. The van der Waals surface area contributed by atoms with Gasteiger partial charge in [-0.1, -0.05) is 11.6 Å². The highest BCUT2D eigenvalue weighted by molar-refractivity contribution is 7.89. The number of sulfonamides is 1. The Morgan fingerprint density at radius 2 is 1.71 bits per heavy atom. The van der Waals surface area contributed by atoms with Crippen LogP contribution in [0.3, 0.4) is 0 Å². The molecule has 10 heteroatoms. The molecule has 1 aliphatic rings. The second-order valence-electron chi connectivity index (χ2n) is 6.20. The smallest absolute Gasteiger partial charge is 0.248 e. The molecule has 2 unspecified atom stereocenters. The topological polar surface area (TPSA) is 114 Å². The van der Waals surface area contributed by atoms with E-state index in [2.05, 4.69) is 4.72 Å². The number of carbonyl (C=O) groups excluding carboxylic acids is 1. The van der Waals surface area contributed by atoms with E-state index in [9.17, 15) is 13.2 Å². The van der Waals surface area contributed by atoms with Gasteiger partial charge in [-0.15, -0.1) is 0 Å². The highest BCUT2D eigenvalue weighted by Crippen LogP contribution is 2.25. The predicted octanol–water partition coefficient (Wildman–Crippen LogP) is 2.32. The Bertz CT molecular complexity index is 918. The lowest BCUT2D eigenvalue weighted by Gasteiger charge is -2.30. The molecule has 1 heterocycles. The summed E-state index contributed by atoms with van der Waals surface area (Å²) in [4.78, 5) is 11.8. The van der Waals surface area contributed by atoms with Crippen LogP contribution in [0.15, 0.2) is 53.4 Å². The number of rotatable bonds is 6. The molecule has 1 saturated heterocycles. The molecule has 2 aromatic rings. The quantitative estimate of drug-likeness (QED) is 0.482. The fourth-order valence-electron chi connectivity index (χ4n) is 2.84. The first-order valence-electron chi connectivity index (χ1n) is 8.46. The third-order valence-corrected chi connectivity index (χ3v) is 6.05. The zero-order valence-corrected chi connectivity index (χ0v) is 16.2. The summed E-state index contributed by atoms with van der Waals surface area (Å²) in [5.41, 5.74) is 1.57. The molecule has 2 aromatic carbocycles. The third-order valence-electron chi connectivity index (χ3n) is 4.29. The van der Waals surface area contributed by atoms with E-state index in [4.69, 9.17) is 26.3 Å². The molecule has 1 fully saturated rings. The first-order chi connectivity index (χ1) is 13.4. The van der Waals surface area contributed by atoms with E-state index in [0.717, 1.165) is 0 Å². The molecule has 3 rings (SSSR count). The van der Waals surface area contributed by atoms with Crippen LogP contribution in [0.5, 0.6) is 11.5 Å². The molecule has 0 spiro atoms. The van der Waals surface area contributed by atoms with Crippen molar-refractivity contribution in [2.24, 2.45) is 5.92 Å². The number of benzene rings is 2. The van der Waals surface area contributed by atoms with Crippen molar-refractivity contribution in [2.75, 3.05) is 13.2 Å². The van der Waals surface area contributed by atoms with Crippen molar-refractivity contribution in [1.29, 1.82) is 0 Å². The number of amides is 1. The van der Waals surface area contributed by atoms with Gasteiger partial charge in [0.15, 0.2) is 0 Å². The van der Waals surface area contributed by atoms with E-state index < -0.39 is 27.9 Å². The average molecular weight is 427 g/mol. The van der Waals surface area contributed by atoms with Crippen LogP contribution in [0.1, 0.15) is 6.42 Å².